The summed E-state index contributed by atoms with van der Waals surface area (Å²) in [5.41, 5.74) is 3.54. The Kier molecular flexibility index (Phi) is 4.42. The smallest absolute Gasteiger partial charge is 0.283 e. The first-order valence-electron chi connectivity index (χ1n) is 8.56. The second-order valence-corrected chi connectivity index (χ2v) is 7.96. The van der Waals surface area contributed by atoms with E-state index in [1.807, 2.05) is 0 Å². The molecule has 5 rings (SSSR count). The summed E-state index contributed by atoms with van der Waals surface area (Å²) in [6.45, 7) is 2.08. The highest BCUT2D eigenvalue weighted by atomic mass is 32.2. The van der Waals surface area contributed by atoms with Gasteiger partial charge in [0.2, 0.25) is 5.89 Å². The quantitative estimate of drug-likeness (QED) is 0.277. The Balaban J connectivity index is 1.44. The monoisotopic (exact) mass is 406 g/mol. The molecule has 0 amide bonds. The number of fused-ring (bicyclic) bond motifs is 1. The van der Waals surface area contributed by atoms with Gasteiger partial charge in [-0.1, -0.05) is 41.6 Å². The van der Waals surface area contributed by atoms with Crippen molar-refractivity contribution in [3.63, 3.8) is 0 Å². The third-order valence-corrected chi connectivity index (χ3v) is 6.09. The zero-order chi connectivity index (χ0) is 18.9. The molecule has 0 saturated carbocycles. The molecule has 0 aliphatic rings. The van der Waals surface area contributed by atoms with Crippen molar-refractivity contribution in [3.8, 4) is 22.8 Å². The molecule has 0 aliphatic heterocycles. The van der Waals surface area contributed by atoms with E-state index < -0.39 is 0 Å². The van der Waals surface area contributed by atoms with Crippen molar-refractivity contribution in [3.05, 3.63) is 65.8 Å². The molecule has 28 heavy (non-hydrogen) atoms. The molecule has 0 saturated heterocycles. The number of thiophene rings is 1. The Hall–Kier alpha value is -2.97. The Morgan fingerprint density at radius 2 is 1.96 bits per heavy atom. The average Bonchev–Trinajstić information content (AvgIpc) is 3.46. The Labute approximate surface area is 168 Å². The van der Waals surface area contributed by atoms with Gasteiger partial charge in [0.1, 0.15) is 16.2 Å². The topological polar surface area (TPSA) is 77.8 Å². The zero-order valence-electron chi connectivity index (χ0n) is 14.8. The van der Waals surface area contributed by atoms with Crippen LogP contribution < -0.4 is 0 Å². The lowest BCUT2D eigenvalue weighted by atomic mass is 10.1. The molecule has 138 valence electrons. The fourth-order valence-electron chi connectivity index (χ4n) is 2.84. The number of benzene rings is 1. The van der Waals surface area contributed by atoms with Crippen LogP contribution in [0, 0.1) is 6.92 Å². The van der Waals surface area contributed by atoms with E-state index in [1.165, 1.54) is 5.56 Å². The van der Waals surface area contributed by atoms with Gasteiger partial charge in [-0.25, -0.2) is 9.97 Å². The van der Waals surface area contributed by atoms with Gasteiger partial charge in [-0.05, 0) is 24.6 Å². The maximum Gasteiger partial charge on any atom is 0.283 e. The second-order valence-electron chi connectivity index (χ2n) is 6.14. The van der Waals surface area contributed by atoms with Crippen molar-refractivity contribution >= 4 is 33.3 Å². The van der Waals surface area contributed by atoms with Crippen LogP contribution in [0.25, 0.3) is 33.0 Å². The SMILES string of the molecule is Cc1ccc(-c2csc3ncnc(SCc4nnc(-c5ccco5)o4)c23)cc1. The summed E-state index contributed by atoms with van der Waals surface area (Å²) in [5, 5.41) is 12.2. The van der Waals surface area contributed by atoms with E-state index in [0.29, 0.717) is 23.3 Å². The molecule has 0 N–H and O–H groups in total. The van der Waals surface area contributed by atoms with Crippen LogP contribution in [-0.4, -0.2) is 20.2 Å². The van der Waals surface area contributed by atoms with Crippen molar-refractivity contribution in [1.82, 2.24) is 20.2 Å². The number of hydrogen-bond donors (Lipinski definition) is 0. The molecule has 0 aliphatic carbocycles. The number of thioether (sulfide) groups is 1. The molecule has 5 aromatic rings. The number of furan rings is 1. The first-order valence-corrected chi connectivity index (χ1v) is 10.4. The first-order chi connectivity index (χ1) is 13.8. The van der Waals surface area contributed by atoms with Crippen molar-refractivity contribution < 1.29 is 8.83 Å². The summed E-state index contributed by atoms with van der Waals surface area (Å²) < 4.78 is 11.0. The minimum absolute atomic E-state index is 0.379. The van der Waals surface area contributed by atoms with Gasteiger partial charge in [0.05, 0.1) is 17.4 Å². The van der Waals surface area contributed by atoms with Crippen LogP contribution in [0.5, 0.6) is 0 Å². The predicted molar refractivity (Wildman–Crippen MR) is 109 cm³/mol. The van der Waals surface area contributed by atoms with Crippen LogP contribution in [0.4, 0.5) is 0 Å². The molecule has 8 heteroatoms. The largest absolute Gasteiger partial charge is 0.459 e. The second kappa shape index (κ2) is 7.21. The standard InChI is InChI=1S/C20H14N4O2S2/c1-12-4-6-13(7-5-12)14-9-27-19-17(14)20(22-11-21-19)28-10-16-23-24-18(26-16)15-3-2-8-25-15/h2-9,11H,10H2,1H3. The summed E-state index contributed by atoms with van der Waals surface area (Å²) in [4.78, 5) is 9.90. The van der Waals surface area contributed by atoms with E-state index in [2.05, 4.69) is 56.7 Å². The highest BCUT2D eigenvalue weighted by molar-refractivity contribution is 7.98. The molecule has 0 bridgehead atoms. The molecule has 4 aromatic heterocycles. The molecule has 0 atom stereocenters. The Morgan fingerprint density at radius 3 is 2.79 bits per heavy atom. The molecule has 0 unspecified atom stereocenters. The predicted octanol–water partition coefficient (Wildman–Crippen LogP) is 5.60. The lowest BCUT2D eigenvalue weighted by molar-refractivity contribution is 0.494. The minimum atomic E-state index is 0.379. The average molecular weight is 406 g/mol. The number of aryl methyl sites for hydroxylation is 1. The van der Waals surface area contributed by atoms with Gasteiger partial charge < -0.3 is 8.83 Å². The third-order valence-electron chi connectivity index (χ3n) is 4.23. The number of nitrogens with zero attached hydrogens (tertiary/aromatic N) is 4. The van der Waals surface area contributed by atoms with E-state index in [4.69, 9.17) is 8.83 Å². The minimum Gasteiger partial charge on any atom is -0.459 e. The lowest BCUT2D eigenvalue weighted by Crippen LogP contribution is -1.88. The summed E-state index contributed by atoms with van der Waals surface area (Å²) in [6, 6.07) is 12.1. The van der Waals surface area contributed by atoms with Crippen molar-refractivity contribution in [2.75, 3.05) is 0 Å². The highest BCUT2D eigenvalue weighted by Gasteiger charge is 2.16. The van der Waals surface area contributed by atoms with E-state index >= 15 is 0 Å². The Bertz CT molecular complexity index is 1230. The maximum absolute atomic E-state index is 5.69. The number of aromatic nitrogens is 4. The number of rotatable bonds is 5. The van der Waals surface area contributed by atoms with E-state index in [-0.39, 0.29) is 0 Å². The van der Waals surface area contributed by atoms with Gasteiger partial charge in [0.25, 0.3) is 5.89 Å². The molecule has 1 aromatic carbocycles. The fourth-order valence-corrected chi connectivity index (χ4v) is 4.67. The summed E-state index contributed by atoms with van der Waals surface area (Å²) in [5.74, 6) is 1.98. The summed E-state index contributed by atoms with van der Waals surface area (Å²) >= 11 is 3.18. The lowest BCUT2D eigenvalue weighted by Gasteiger charge is -2.04. The van der Waals surface area contributed by atoms with Gasteiger partial charge in [0.15, 0.2) is 5.76 Å². The first kappa shape index (κ1) is 17.2. The normalized spacial score (nSPS) is 11.3. The molecular weight excluding hydrogens is 392 g/mol. The molecule has 0 spiro atoms. The zero-order valence-corrected chi connectivity index (χ0v) is 16.5. The van der Waals surface area contributed by atoms with Crippen molar-refractivity contribution in [2.45, 2.75) is 17.7 Å². The van der Waals surface area contributed by atoms with Gasteiger partial charge in [-0.15, -0.1) is 21.5 Å². The highest BCUT2D eigenvalue weighted by Crippen LogP contribution is 2.38. The van der Waals surface area contributed by atoms with Crippen LogP contribution in [0.3, 0.4) is 0 Å². The van der Waals surface area contributed by atoms with Crippen molar-refractivity contribution in [2.24, 2.45) is 0 Å². The van der Waals surface area contributed by atoms with Crippen LogP contribution in [0.1, 0.15) is 11.5 Å². The molecule has 0 fully saturated rings. The van der Waals surface area contributed by atoms with Crippen LogP contribution in [0.2, 0.25) is 0 Å². The molecule has 6 nitrogen and oxygen atoms in total. The van der Waals surface area contributed by atoms with Crippen LogP contribution in [-0.2, 0) is 5.75 Å². The van der Waals surface area contributed by atoms with E-state index in [1.54, 1.807) is 47.8 Å². The van der Waals surface area contributed by atoms with Crippen LogP contribution >= 0.6 is 23.1 Å². The maximum atomic E-state index is 5.69. The van der Waals surface area contributed by atoms with Gasteiger partial charge in [-0.3, -0.25) is 0 Å². The summed E-state index contributed by atoms with van der Waals surface area (Å²) in [6.07, 6.45) is 3.18. The number of hydrogen-bond acceptors (Lipinski definition) is 8. The fraction of sp³-hybridized carbons (Fsp3) is 0.100. The Morgan fingerprint density at radius 1 is 1.07 bits per heavy atom. The molecule has 0 radical (unpaired) electrons. The van der Waals surface area contributed by atoms with E-state index in [0.717, 1.165) is 26.4 Å². The third kappa shape index (κ3) is 3.21. The van der Waals surface area contributed by atoms with Crippen molar-refractivity contribution in [1.29, 1.82) is 0 Å². The molecule has 4 heterocycles. The van der Waals surface area contributed by atoms with Gasteiger partial charge >= 0.3 is 0 Å². The van der Waals surface area contributed by atoms with Crippen LogP contribution in [0.15, 0.2) is 68.2 Å². The van der Waals surface area contributed by atoms with Gasteiger partial charge in [0, 0.05) is 10.9 Å². The summed E-state index contributed by atoms with van der Waals surface area (Å²) in [7, 11) is 0. The van der Waals surface area contributed by atoms with Gasteiger partial charge in [-0.2, -0.15) is 0 Å². The molecular formula is C20H14N4O2S2. The van der Waals surface area contributed by atoms with E-state index in [9.17, 15) is 0 Å².